The van der Waals surface area contributed by atoms with Crippen molar-refractivity contribution >= 4 is 55.6 Å². The van der Waals surface area contributed by atoms with Crippen molar-refractivity contribution in [1.82, 2.24) is 10.2 Å². The van der Waals surface area contributed by atoms with Crippen LogP contribution in [0.3, 0.4) is 0 Å². The topological polar surface area (TPSA) is 89.0 Å². The van der Waals surface area contributed by atoms with E-state index in [2.05, 4.69) is 22.4 Å². The monoisotopic (exact) mass is 391 g/mol. The van der Waals surface area contributed by atoms with Gasteiger partial charge in [0.25, 0.3) is 5.91 Å². The van der Waals surface area contributed by atoms with Crippen molar-refractivity contribution in [2.75, 3.05) is 17.3 Å². The van der Waals surface area contributed by atoms with Crippen LogP contribution >= 0.6 is 34.7 Å². The van der Waals surface area contributed by atoms with E-state index in [9.17, 15) is 13.2 Å². The summed E-state index contributed by atoms with van der Waals surface area (Å²) in [5.41, 5.74) is 0.178. The highest BCUT2D eigenvalue weighted by atomic mass is 35.5. The highest BCUT2D eigenvalue weighted by Gasteiger charge is 2.16. The predicted octanol–water partition coefficient (Wildman–Crippen LogP) is 3.35. The number of rotatable bonds is 6. The molecule has 1 aromatic heterocycles. The van der Waals surface area contributed by atoms with Crippen LogP contribution in [0.4, 0.5) is 5.13 Å². The molecule has 0 unspecified atom stereocenters. The second-order valence-corrected chi connectivity index (χ2v) is 9.33. The summed E-state index contributed by atoms with van der Waals surface area (Å²) in [6.07, 6.45) is 2.10. The van der Waals surface area contributed by atoms with E-state index < -0.39 is 15.7 Å². The zero-order valence-electron chi connectivity index (χ0n) is 12.4. The Kier molecular flexibility index (Phi) is 6.01. The van der Waals surface area contributed by atoms with Crippen LogP contribution in [0.2, 0.25) is 5.02 Å². The molecule has 0 saturated heterocycles. The fourth-order valence-electron chi connectivity index (χ4n) is 1.58. The molecule has 0 bridgehead atoms. The van der Waals surface area contributed by atoms with Crippen LogP contribution < -0.4 is 5.32 Å². The van der Waals surface area contributed by atoms with Crippen molar-refractivity contribution in [2.24, 2.45) is 0 Å². The maximum absolute atomic E-state index is 12.2. The molecule has 23 heavy (non-hydrogen) atoms. The number of sulfone groups is 1. The van der Waals surface area contributed by atoms with Gasteiger partial charge in [0.2, 0.25) is 5.13 Å². The van der Waals surface area contributed by atoms with Gasteiger partial charge in [-0.05, 0) is 24.6 Å². The number of nitrogens with zero attached hydrogens (tertiary/aromatic N) is 2. The van der Waals surface area contributed by atoms with Gasteiger partial charge < -0.3 is 0 Å². The number of aromatic nitrogens is 2. The van der Waals surface area contributed by atoms with E-state index in [1.807, 2.05) is 0 Å². The molecule has 0 aliphatic heterocycles. The van der Waals surface area contributed by atoms with Crippen molar-refractivity contribution in [2.45, 2.75) is 22.6 Å². The van der Waals surface area contributed by atoms with Gasteiger partial charge in [-0.3, -0.25) is 10.1 Å². The number of anilines is 1. The molecule has 0 spiro atoms. The summed E-state index contributed by atoms with van der Waals surface area (Å²) in [7, 11) is -3.37. The third-order valence-corrected chi connectivity index (χ3v) is 6.27. The Morgan fingerprint density at radius 3 is 2.74 bits per heavy atom. The maximum atomic E-state index is 12.2. The summed E-state index contributed by atoms with van der Waals surface area (Å²) in [5.74, 6) is 0.472. The van der Waals surface area contributed by atoms with Crippen LogP contribution in [0.15, 0.2) is 27.4 Å². The molecule has 0 fully saturated rings. The molecule has 1 N–H and O–H groups in total. The van der Waals surface area contributed by atoms with Crippen molar-refractivity contribution < 1.29 is 13.2 Å². The van der Waals surface area contributed by atoms with Gasteiger partial charge in [0.1, 0.15) is 0 Å². The molecular weight excluding hydrogens is 378 g/mol. The Labute approximate surface area is 147 Å². The fraction of sp³-hybridized carbons (Fsp3) is 0.308. The average molecular weight is 392 g/mol. The first-order valence-electron chi connectivity index (χ1n) is 6.58. The Balaban J connectivity index is 2.13. The fourth-order valence-corrected chi connectivity index (χ4v) is 4.23. The summed E-state index contributed by atoms with van der Waals surface area (Å²) in [6, 6.07) is 3.98. The van der Waals surface area contributed by atoms with Gasteiger partial charge in [-0.1, -0.05) is 41.6 Å². The molecule has 1 amide bonds. The number of thioether (sulfide) groups is 1. The van der Waals surface area contributed by atoms with Gasteiger partial charge in [-0.2, -0.15) is 0 Å². The first-order chi connectivity index (χ1) is 10.8. The minimum atomic E-state index is -3.37. The Bertz CT molecular complexity index is 821. The lowest BCUT2D eigenvalue weighted by Gasteiger charge is -2.05. The van der Waals surface area contributed by atoms with Gasteiger partial charge >= 0.3 is 0 Å². The zero-order chi connectivity index (χ0) is 17.0. The van der Waals surface area contributed by atoms with Crippen LogP contribution in [-0.2, 0) is 9.84 Å². The SMILES string of the molecule is CCCSc1nnc(NC(=O)c2ccc(S(C)(=O)=O)cc2Cl)s1. The number of hydrogen-bond donors (Lipinski definition) is 1. The molecular formula is C13H14ClN3O3S3. The number of hydrogen-bond acceptors (Lipinski definition) is 7. The van der Waals surface area contributed by atoms with Crippen LogP contribution in [0.1, 0.15) is 23.7 Å². The summed E-state index contributed by atoms with van der Waals surface area (Å²) < 4.78 is 23.7. The van der Waals surface area contributed by atoms with Gasteiger partial charge in [0.15, 0.2) is 14.2 Å². The standard InChI is InChI=1S/C13H14ClN3O3S3/c1-3-6-21-13-17-16-12(22-13)15-11(18)9-5-4-8(7-10(9)14)23(2,19)20/h4-5,7H,3,6H2,1-2H3,(H,15,16,18). The summed E-state index contributed by atoms with van der Waals surface area (Å²) in [6.45, 7) is 2.07. The maximum Gasteiger partial charge on any atom is 0.259 e. The van der Waals surface area contributed by atoms with Gasteiger partial charge in [-0.25, -0.2) is 8.42 Å². The second-order valence-electron chi connectivity index (χ2n) is 4.59. The van der Waals surface area contributed by atoms with Crippen LogP contribution in [0, 0.1) is 0 Å². The average Bonchev–Trinajstić information content (AvgIpc) is 2.91. The molecule has 2 aromatic rings. The van der Waals surface area contributed by atoms with Crippen LogP contribution in [-0.4, -0.2) is 36.5 Å². The van der Waals surface area contributed by atoms with Gasteiger partial charge in [-0.15, -0.1) is 10.2 Å². The molecule has 0 aliphatic rings. The molecule has 0 atom stereocenters. The van der Waals surface area contributed by atoms with Gasteiger partial charge in [0.05, 0.1) is 15.5 Å². The Morgan fingerprint density at radius 1 is 1.39 bits per heavy atom. The molecule has 1 heterocycles. The number of nitrogens with one attached hydrogen (secondary N) is 1. The number of amides is 1. The molecule has 0 radical (unpaired) electrons. The lowest BCUT2D eigenvalue weighted by atomic mass is 10.2. The highest BCUT2D eigenvalue weighted by molar-refractivity contribution is 8.01. The van der Waals surface area contributed by atoms with E-state index in [1.165, 1.54) is 29.5 Å². The molecule has 10 heteroatoms. The number of carbonyl (C=O) groups excluding carboxylic acids is 1. The lowest BCUT2D eigenvalue weighted by Crippen LogP contribution is -2.12. The lowest BCUT2D eigenvalue weighted by molar-refractivity contribution is 0.102. The first kappa shape index (κ1) is 18.2. The second kappa shape index (κ2) is 7.61. The molecule has 124 valence electrons. The minimum absolute atomic E-state index is 0.0632. The van der Waals surface area contributed by atoms with E-state index in [0.717, 1.165) is 22.8 Å². The molecule has 6 nitrogen and oxygen atoms in total. The number of benzene rings is 1. The Hall–Kier alpha value is -1.16. The first-order valence-corrected chi connectivity index (χ1v) is 10.7. The van der Waals surface area contributed by atoms with Crippen molar-refractivity contribution in [3.63, 3.8) is 0 Å². The molecule has 0 aliphatic carbocycles. The van der Waals surface area contributed by atoms with E-state index >= 15 is 0 Å². The third kappa shape index (κ3) is 4.90. The van der Waals surface area contributed by atoms with Crippen LogP contribution in [0.5, 0.6) is 0 Å². The summed E-state index contributed by atoms with van der Waals surface area (Å²) >= 11 is 8.86. The zero-order valence-corrected chi connectivity index (χ0v) is 15.6. The smallest absolute Gasteiger partial charge is 0.259 e. The molecule has 2 rings (SSSR count). The normalized spacial score (nSPS) is 11.4. The summed E-state index contributed by atoms with van der Waals surface area (Å²) in [5, 5.41) is 10.9. The van der Waals surface area contributed by atoms with Crippen molar-refractivity contribution in [3.8, 4) is 0 Å². The number of halogens is 1. The third-order valence-electron chi connectivity index (χ3n) is 2.67. The van der Waals surface area contributed by atoms with E-state index in [4.69, 9.17) is 11.6 Å². The minimum Gasteiger partial charge on any atom is -0.296 e. The van der Waals surface area contributed by atoms with E-state index in [1.54, 1.807) is 11.8 Å². The highest BCUT2D eigenvalue weighted by Crippen LogP contribution is 2.27. The van der Waals surface area contributed by atoms with Crippen LogP contribution in [0.25, 0.3) is 0 Å². The van der Waals surface area contributed by atoms with E-state index in [0.29, 0.717) is 5.13 Å². The van der Waals surface area contributed by atoms with E-state index in [-0.39, 0.29) is 15.5 Å². The predicted molar refractivity (Wildman–Crippen MR) is 93.4 cm³/mol. The quantitative estimate of drug-likeness (QED) is 0.600. The van der Waals surface area contributed by atoms with Crippen molar-refractivity contribution in [3.05, 3.63) is 28.8 Å². The van der Waals surface area contributed by atoms with Gasteiger partial charge in [0, 0.05) is 12.0 Å². The molecule has 0 saturated carbocycles. The van der Waals surface area contributed by atoms with Crippen molar-refractivity contribution in [1.29, 1.82) is 0 Å². The largest absolute Gasteiger partial charge is 0.296 e. The molecule has 1 aromatic carbocycles. The summed E-state index contributed by atoms with van der Waals surface area (Å²) in [4.78, 5) is 12.3. The number of carbonyl (C=O) groups is 1. The Morgan fingerprint density at radius 2 is 2.13 bits per heavy atom.